The molecule has 0 spiro atoms. The van der Waals surface area contributed by atoms with Crippen molar-refractivity contribution in [3.8, 4) is 23.1 Å². The highest BCUT2D eigenvalue weighted by molar-refractivity contribution is 5.81. The minimum absolute atomic E-state index is 0.168. The van der Waals surface area contributed by atoms with Crippen molar-refractivity contribution in [3.63, 3.8) is 0 Å². The molecule has 0 atom stereocenters. The van der Waals surface area contributed by atoms with Gasteiger partial charge in [0.1, 0.15) is 17.1 Å². The summed E-state index contributed by atoms with van der Waals surface area (Å²) in [6.07, 6.45) is 6.04. The molecule has 0 bridgehead atoms. The summed E-state index contributed by atoms with van der Waals surface area (Å²) in [5, 5.41) is 4.72. The molecule has 0 fully saturated rings. The van der Waals surface area contributed by atoms with Gasteiger partial charge in [0.15, 0.2) is 5.52 Å². The van der Waals surface area contributed by atoms with Gasteiger partial charge in [-0.3, -0.25) is 9.36 Å². The van der Waals surface area contributed by atoms with E-state index in [4.69, 9.17) is 14.8 Å². The lowest BCUT2D eigenvalue weighted by Gasteiger charge is -2.13. The number of para-hydroxylation sites is 1. The van der Waals surface area contributed by atoms with Crippen LogP contribution in [0.25, 0.3) is 28.4 Å². The molecule has 0 aliphatic carbocycles. The van der Waals surface area contributed by atoms with Crippen LogP contribution in [0.1, 0.15) is 32.4 Å². The Morgan fingerprint density at radius 3 is 2.60 bits per heavy atom. The minimum atomic E-state index is -0.168. The number of benzene rings is 1. The first-order valence-corrected chi connectivity index (χ1v) is 10.2. The summed E-state index contributed by atoms with van der Waals surface area (Å²) in [6.45, 7) is 4.75. The zero-order valence-electron chi connectivity index (χ0n) is 17.8. The molecule has 0 saturated heterocycles. The van der Waals surface area contributed by atoms with Crippen molar-refractivity contribution in [1.82, 2.24) is 28.9 Å². The van der Waals surface area contributed by atoms with Crippen molar-refractivity contribution in [3.05, 3.63) is 52.7 Å². The number of rotatable bonds is 7. The standard InChI is InChI=1S/C22H26N6O2/c1-5-9-16-18-19(28(25-16)22-23-12-13-26(22)3)21(29)27(4)20(24-18)15-10-7-8-11-17(15)30-14-6-2/h7-8,10-13H,5-6,9,14H2,1-4H3. The molecule has 0 radical (unpaired) electrons. The van der Waals surface area contributed by atoms with Crippen LogP contribution in [0.15, 0.2) is 41.5 Å². The Labute approximate surface area is 174 Å². The van der Waals surface area contributed by atoms with Gasteiger partial charge in [-0.2, -0.15) is 9.78 Å². The van der Waals surface area contributed by atoms with Crippen molar-refractivity contribution in [2.45, 2.75) is 33.1 Å². The largest absolute Gasteiger partial charge is 0.493 e. The number of aromatic nitrogens is 6. The Kier molecular flexibility index (Phi) is 5.39. The van der Waals surface area contributed by atoms with Gasteiger partial charge in [-0.05, 0) is 25.0 Å². The van der Waals surface area contributed by atoms with Crippen LogP contribution in [0, 0.1) is 0 Å². The fourth-order valence-electron chi connectivity index (χ4n) is 3.54. The van der Waals surface area contributed by atoms with Gasteiger partial charge in [0.2, 0.25) is 5.95 Å². The molecule has 0 saturated carbocycles. The summed E-state index contributed by atoms with van der Waals surface area (Å²) in [4.78, 5) is 22.8. The number of nitrogens with zero attached hydrogens (tertiary/aromatic N) is 6. The van der Waals surface area contributed by atoms with Crippen molar-refractivity contribution in [2.75, 3.05) is 6.61 Å². The van der Waals surface area contributed by atoms with Gasteiger partial charge in [-0.25, -0.2) is 9.97 Å². The molecule has 4 rings (SSSR count). The van der Waals surface area contributed by atoms with E-state index in [9.17, 15) is 4.79 Å². The van der Waals surface area contributed by atoms with Gasteiger partial charge in [0, 0.05) is 26.5 Å². The number of hydrogen-bond donors (Lipinski definition) is 0. The van der Waals surface area contributed by atoms with Crippen LogP contribution in [-0.4, -0.2) is 35.5 Å². The van der Waals surface area contributed by atoms with Crippen LogP contribution < -0.4 is 10.3 Å². The van der Waals surface area contributed by atoms with E-state index in [2.05, 4.69) is 18.8 Å². The summed E-state index contributed by atoms with van der Waals surface area (Å²) in [5.74, 6) is 1.87. The summed E-state index contributed by atoms with van der Waals surface area (Å²) in [6, 6.07) is 7.69. The van der Waals surface area contributed by atoms with Crippen LogP contribution in [0.2, 0.25) is 0 Å². The van der Waals surface area contributed by atoms with Crippen LogP contribution in [0.5, 0.6) is 5.75 Å². The predicted molar refractivity (Wildman–Crippen MR) is 116 cm³/mol. The molecule has 156 valence electrons. The van der Waals surface area contributed by atoms with E-state index in [1.807, 2.05) is 42.1 Å². The van der Waals surface area contributed by atoms with Gasteiger partial charge in [0.05, 0.1) is 17.9 Å². The predicted octanol–water partition coefficient (Wildman–Crippen LogP) is 3.26. The molecule has 0 unspecified atom stereocenters. The number of fused-ring (bicyclic) bond motifs is 1. The molecule has 30 heavy (non-hydrogen) atoms. The van der Waals surface area contributed by atoms with Crippen molar-refractivity contribution in [2.24, 2.45) is 14.1 Å². The average molecular weight is 406 g/mol. The SMILES string of the molecule is CCCOc1ccccc1-c1nc2c(CCC)nn(-c3nccn3C)c2c(=O)n1C. The molecule has 1 aromatic carbocycles. The second-order valence-electron chi connectivity index (χ2n) is 7.29. The molecule has 0 amide bonds. The number of ether oxygens (including phenoxy) is 1. The quantitative estimate of drug-likeness (QED) is 0.471. The highest BCUT2D eigenvalue weighted by Gasteiger charge is 2.22. The third-order valence-electron chi connectivity index (χ3n) is 5.03. The van der Waals surface area contributed by atoms with E-state index in [-0.39, 0.29) is 5.56 Å². The Balaban J connectivity index is 2.00. The molecule has 8 heteroatoms. The second kappa shape index (κ2) is 8.14. The van der Waals surface area contributed by atoms with E-state index < -0.39 is 0 Å². The van der Waals surface area contributed by atoms with E-state index in [1.54, 1.807) is 22.5 Å². The minimum Gasteiger partial charge on any atom is -0.493 e. The van der Waals surface area contributed by atoms with Gasteiger partial charge < -0.3 is 9.30 Å². The lowest BCUT2D eigenvalue weighted by Crippen LogP contribution is -2.23. The topological polar surface area (TPSA) is 79.8 Å². The average Bonchev–Trinajstić information content (AvgIpc) is 3.33. The van der Waals surface area contributed by atoms with E-state index in [0.29, 0.717) is 29.4 Å². The molecule has 0 aliphatic rings. The van der Waals surface area contributed by atoms with Crippen LogP contribution in [0.4, 0.5) is 0 Å². The van der Waals surface area contributed by atoms with Gasteiger partial charge in [-0.1, -0.05) is 32.4 Å². The number of imidazole rings is 1. The fraction of sp³-hybridized carbons (Fsp3) is 0.364. The lowest BCUT2D eigenvalue weighted by molar-refractivity contribution is 0.318. The first-order valence-electron chi connectivity index (χ1n) is 10.2. The molecule has 0 aliphatic heterocycles. The Morgan fingerprint density at radius 1 is 1.10 bits per heavy atom. The van der Waals surface area contributed by atoms with Gasteiger partial charge >= 0.3 is 0 Å². The fourth-order valence-corrected chi connectivity index (χ4v) is 3.54. The Hall–Kier alpha value is -3.42. The lowest BCUT2D eigenvalue weighted by atomic mass is 10.1. The molecular formula is C22H26N6O2. The third kappa shape index (κ3) is 3.28. The Morgan fingerprint density at radius 2 is 1.90 bits per heavy atom. The molecule has 3 heterocycles. The van der Waals surface area contributed by atoms with E-state index in [1.165, 1.54) is 0 Å². The third-order valence-corrected chi connectivity index (χ3v) is 5.03. The van der Waals surface area contributed by atoms with Gasteiger partial charge in [0.25, 0.3) is 5.56 Å². The summed E-state index contributed by atoms with van der Waals surface area (Å²) in [5.41, 5.74) is 2.47. The van der Waals surface area contributed by atoms with Crippen molar-refractivity contribution in [1.29, 1.82) is 0 Å². The van der Waals surface area contributed by atoms with Crippen LogP contribution in [-0.2, 0) is 20.5 Å². The van der Waals surface area contributed by atoms with E-state index in [0.717, 1.165) is 36.3 Å². The highest BCUT2D eigenvalue weighted by atomic mass is 16.5. The number of aryl methyl sites for hydroxylation is 2. The molecule has 0 N–H and O–H groups in total. The van der Waals surface area contributed by atoms with Crippen LogP contribution >= 0.6 is 0 Å². The van der Waals surface area contributed by atoms with E-state index >= 15 is 0 Å². The van der Waals surface area contributed by atoms with Crippen molar-refractivity contribution < 1.29 is 4.74 Å². The maximum Gasteiger partial charge on any atom is 0.280 e. The molecule has 3 aromatic heterocycles. The second-order valence-corrected chi connectivity index (χ2v) is 7.29. The smallest absolute Gasteiger partial charge is 0.280 e. The zero-order valence-corrected chi connectivity index (χ0v) is 17.8. The number of hydrogen-bond acceptors (Lipinski definition) is 5. The van der Waals surface area contributed by atoms with Gasteiger partial charge in [-0.15, -0.1) is 0 Å². The maximum atomic E-state index is 13.5. The van der Waals surface area contributed by atoms with Crippen molar-refractivity contribution >= 4 is 11.0 Å². The first-order chi connectivity index (χ1) is 14.6. The normalized spacial score (nSPS) is 11.3. The summed E-state index contributed by atoms with van der Waals surface area (Å²) >= 11 is 0. The monoisotopic (exact) mass is 406 g/mol. The Bertz CT molecular complexity index is 1250. The summed E-state index contributed by atoms with van der Waals surface area (Å²) in [7, 11) is 3.61. The highest BCUT2D eigenvalue weighted by Crippen LogP contribution is 2.29. The molecular weight excluding hydrogens is 380 g/mol. The summed E-state index contributed by atoms with van der Waals surface area (Å²) < 4.78 is 10.9. The van der Waals surface area contributed by atoms with Crippen LogP contribution in [0.3, 0.4) is 0 Å². The first kappa shape index (κ1) is 19.9. The maximum absolute atomic E-state index is 13.5. The zero-order chi connectivity index (χ0) is 21.3. The molecule has 4 aromatic rings. The molecule has 8 nitrogen and oxygen atoms in total.